The van der Waals surface area contributed by atoms with Crippen LogP contribution in [0.1, 0.15) is 10.4 Å². The summed E-state index contributed by atoms with van der Waals surface area (Å²) in [7, 11) is 2.19. The molecule has 0 bridgehead atoms. The maximum Gasteiger partial charge on any atom is 0.154 e. The quantitative estimate of drug-likeness (QED) is 0.334. The van der Waals surface area contributed by atoms with Gasteiger partial charge in [-0.2, -0.15) is 5.01 Å². The zero-order valence-corrected chi connectivity index (χ0v) is 16.4. The van der Waals surface area contributed by atoms with Crippen LogP contribution >= 0.6 is 22.9 Å². The number of benzene rings is 1. The van der Waals surface area contributed by atoms with E-state index in [0.29, 0.717) is 6.00 Å². The molecule has 0 spiro atoms. The van der Waals surface area contributed by atoms with Crippen molar-refractivity contribution in [3.05, 3.63) is 45.7 Å². The van der Waals surface area contributed by atoms with Gasteiger partial charge in [0.05, 0.1) is 55.5 Å². The topological polar surface area (TPSA) is 48.3 Å². The normalized spacial score (nSPS) is 18.7. The number of hydrogen-bond acceptors (Lipinski definition) is 5. The van der Waals surface area contributed by atoms with Crippen molar-refractivity contribution in [2.45, 2.75) is 6.92 Å². The molecule has 2 aromatic rings. The zero-order valence-electron chi connectivity index (χ0n) is 14.9. The summed E-state index contributed by atoms with van der Waals surface area (Å²) in [6, 6.07) is 10.4. The highest BCUT2D eigenvalue weighted by atomic mass is 35.5. The number of halogens is 1. The molecular formula is C18H21ClN5OS+. The molecule has 2 aliphatic heterocycles. The molecule has 0 N–H and O–H groups in total. The van der Waals surface area contributed by atoms with E-state index in [-0.39, 0.29) is 0 Å². The van der Waals surface area contributed by atoms with Gasteiger partial charge >= 0.3 is 0 Å². The van der Waals surface area contributed by atoms with E-state index in [1.165, 1.54) is 5.01 Å². The average Bonchev–Trinajstić information content (AvgIpc) is 2.98. The number of hydrogen-bond donors (Lipinski definition) is 0. The molecule has 6 nitrogen and oxygen atoms in total. The van der Waals surface area contributed by atoms with Crippen LogP contribution in [0.2, 0.25) is 0 Å². The molecule has 0 saturated carbocycles. The number of likely N-dealkylation sites (N-methyl/N-ethyl adjacent to an activating group) is 1. The van der Waals surface area contributed by atoms with Crippen LogP contribution in [0.3, 0.4) is 0 Å². The van der Waals surface area contributed by atoms with E-state index in [2.05, 4.69) is 23.3 Å². The zero-order chi connectivity index (χ0) is 18.3. The summed E-state index contributed by atoms with van der Waals surface area (Å²) in [5, 5.41) is 5.61. The van der Waals surface area contributed by atoms with Gasteiger partial charge in [0.15, 0.2) is 6.00 Å². The summed E-state index contributed by atoms with van der Waals surface area (Å²) in [6.07, 6.45) is 0. The number of nitroso groups, excluding NO2 is 1. The third-order valence-electron chi connectivity index (χ3n) is 5.09. The minimum Gasteiger partial charge on any atom is -0.345 e. The predicted molar refractivity (Wildman–Crippen MR) is 108 cm³/mol. The SMILES string of the molecule is Cc1cc2c(s1)N(N=O)c1ccccc1N=C2N1CC[N+](C)(CCl)CC1. The fraction of sp³-hybridized carbons (Fsp3) is 0.389. The van der Waals surface area contributed by atoms with Gasteiger partial charge in [0.1, 0.15) is 10.8 Å². The molecule has 2 aliphatic rings. The lowest BCUT2D eigenvalue weighted by Crippen LogP contribution is -2.57. The second-order valence-electron chi connectivity index (χ2n) is 7.07. The maximum absolute atomic E-state index is 11.7. The third kappa shape index (κ3) is 2.90. The monoisotopic (exact) mass is 390 g/mol. The van der Waals surface area contributed by atoms with Gasteiger partial charge in [-0.05, 0) is 25.1 Å². The summed E-state index contributed by atoms with van der Waals surface area (Å²) in [5.74, 6) is 0.920. The second-order valence-corrected chi connectivity index (χ2v) is 8.54. The number of aryl methyl sites for hydroxylation is 1. The van der Waals surface area contributed by atoms with Crippen molar-refractivity contribution in [2.24, 2.45) is 10.3 Å². The van der Waals surface area contributed by atoms with E-state index >= 15 is 0 Å². The van der Waals surface area contributed by atoms with Crippen molar-refractivity contribution in [1.29, 1.82) is 0 Å². The number of quaternary nitrogens is 1. The van der Waals surface area contributed by atoms with Gasteiger partial charge in [0.2, 0.25) is 0 Å². The molecule has 8 heteroatoms. The first-order valence-corrected chi connectivity index (χ1v) is 9.96. The molecule has 3 heterocycles. The first kappa shape index (κ1) is 17.5. The van der Waals surface area contributed by atoms with Crippen LogP contribution in [-0.2, 0) is 0 Å². The van der Waals surface area contributed by atoms with Crippen molar-refractivity contribution in [3.8, 4) is 0 Å². The molecule has 4 rings (SSSR count). The van der Waals surface area contributed by atoms with E-state index in [1.54, 1.807) is 11.3 Å². The number of fused-ring (bicyclic) bond motifs is 2. The van der Waals surface area contributed by atoms with Crippen LogP contribution in [-0.4, -0.2) is 54.4 Å². The molecule has 0 aliphatic carbocycles. The Hall–Kier alpha value is -1.96. The Morgan fingerprint density at radius 3 is 2.73 bits per heavy atom. The van der Waals surface area contributed by atoms with Crippen molar-refractivity contribution in [2.75, 3.05) is 44.2 Å². The predicted octanol–water partition coefficient (Wildman–Crippen LogP) is 4.23. The molecule has 0 unspecified atom stereocenters. The number of para-hydroxylation sites is 2. The van der Waals surface area contributed by atoms with Crippen molar-refractivity contribution < 1.29 is 4.48 Å². The molecule has 1 saturated heterocycles. The van der Waals surface area contributed by atoms with E-state index in [9.17, 15) is 4.91 Å². The molecular weight excluding hydrogens is 370 g/mol. The molecule has 1 aromatic heterocycles. The van der Waals surface area contributed by atoms with Gasteiger partial charge in [-0.25, -0.2) is 4.99 Å². The van der Waals surface area contributed by atoms with Gasteiger partial charge in [-0.3, -0.25) is 0 Å². The molecule has 136 valence electrons. The molecule has 0 amide bonds. The lowest BCUT2D eigenvalue weighted by Gasteiger charge is -2.41. The van der Waals surface area contributed by atoms with Gasteiger partial charge in [-0.1, -0.05) is 23.7 Å². The first-order chi connectivity index (χ1) is 12.5. The fourth-order valence-electron chi connectivity index (χ4n) is 3.44. The highest BCUT2D eigenvalue weighted by Crippen LogP contribution is 2.44. The summed E-state index contributed by atoms with van der Waals surface area (Å²) < 4.78 is 0.861. The number of anilines is 2. The molecule has 1 aromatic carbocycles. The number of alkyl halides is 1. The van der Waals surface area contributed by atoms with Crippen LogP contribution < -0.4 is 5.01 Å². The lowest BCUT2D eigenvalue weighted by molar-refractivity contribution is -0.902. The Morgan fingerprint density at radius 2 is 2.04 bits per heavy atom. The standard InChI is InChI=1S/C18H21ClN5OS/c1-13-11-14-17(22-7-9-24(2,12-19)10-8-22)20-15-5-3-4-6-16(15)23(21-25)18(14)26-13/h3-6,11H,7-10,12H2,1-2H3/q+1. The average molecular weight is 391 g/mol. The summed E-state index contributed by atoms with van der Waals surface area (Å²) >= 11 is 7.71. The Balaban J connectivity index is 1.81. The van der Waals surface area contributed by atoms with Crippen LogP contribution in [0.5, 0.6) is 0 Å². The summed E-state index contributed by atoms with van der Waals surface area (Å²) in [4.78, 5) is 20.1. The highest BCUT2D eigenvalue weighted by molar-refractivity contribution is 7.16. The Morgan fingerprint density at radius 1 is 1.31 bits per heavy atom. The molecule has 0 radical (unpaired) electrons. The summed E-state index contributed by atoms with van der Waals surface area (Å²) in [6.45, 7) is 5.75. The molecule has 0 atom stereocenters. The number of aliphatic imine (C=N–C) groups is 1. The van der Waals surface area contributed by atoms with Gasteiger partial charge in [-0.15, -0.1) is 16.2 Å². The summed E-state index contributed by atoms with van der Waals surface area (Å²) in [5.41, 5.74) is 2.47. The van der Waals surface area contributed by atoms with Crippen molar-refractivity contribution in [3.63, 3.8) is 0 Å². The van der Waals surface area contributed by atoms with Crippen molar-refractivity contribution in [1.82, 2.24) is 4.90 Å². The fourth-order valence-corrected chi connectivity index (χ4v) is 4.64. The number of amidine groups is 1. The largest absolute Gasteiger partial charge is 0.345 e. The smallest absolute Gasteiger partial charge is 0.154 e. The van der Waals surface area contributed by atoms with Gasteiger partial charge in [0.25, 0.3) is 0 Å². The number of nitrogens with zero attached hydrogens (tertiary/aromatic N) is 5. The third-order valence-corrected chi connectivity index (χ3v) is 6.70. The Bertz CT molecular complexity index is 872. The molecule has 1 fully saturated rings. The van der Waals surface area contributed by atoms with E-state index in [0.717, 1.165) is 63.3 Å². The lowest BCUT2D eigenvalue weighted by atomic mass is 10.2. The van der Waals surface area contributed by atoms with Crippen LogP contribution in [0.15, 0.2) is 40.6 Å². The minimum absolute atomic E-state index is 0.620. The van der Waals surface area contributed by atoms with Crippen LogP contribution in [0, 0.1) is 11.8 Å². The molecule has 26 heavy (non-hydrogen) atoms. The first-order valence-electron chi connectivity index (χ1n) is 8.61. The van der Waals surface area contributed by atoms with E-state index in [4.69, 9.17) is 16.6 Å². The number of piperazine rings is 1. The Labute approximate surface area is 161 Å². The van der Waals surface area contributed by atoms with E-state index in [1.807, 2.05) is 31.2 Å². The van der Waals surface area contributed by atoms with E-state index < -0.39 is 0 Å². The Kier molecular flexibility index (Phi) is 4.46. The van der Waals surface area contributed by atoms with Crippen LogP contribution in [0.4, 0.5) is 16.4 Å². The van der Waals surface area contributed by atoms with Crippen LogP contribution in [0.25, 0.3) is 0 Å². The number of rotatable bonds is 2. The second kappa shape index (κ2) is 6.64. The van der Waals surface area contributed by atoms with Crippen molar-refractivity contribution >= 4 is 45.1 Å². The number of thiophene rings is 1. The maximum atomic E-state index is 11.7. The minimum atomic E-state index is 0.620. The van der Waals surface area contributed by atoms with Gasteiger partial charge in [0, 0.05) is 4.88 Å². The van der Waals surface area contributed by atoms with Gasteiger partial charge < -0.3 is 9.38 Å². The highest BCUT2D eigenvalue weighted by Gasteiger charge is 2.33.